The first-order chi connectivity index (χ1) is 8.05. The van der Waals surface area contributed by atoms with E-state index >= 15 is 0 Å². The number of rotatable bonds is 6. The molecule has 0 aromatic rings. The first-order valence-corrected chi connectivity index (χ1v) is 6.45. The van der Waals surface area contributed by atoms with Gasteiger partial charge in [0.1, 0.15) is 6.04 Å². The summed E-state index contributed by atoms with van der Waals surface area (Å²) in [5.41, 5.74) is 0. The van der Waals surface area contributed by atoms with E-state index in [4.69, 9.17) is 10.2 Å². The van der Waals surface area contributed by atoms with Crippen LogP contribution in [-0.4, -0.2) is 48.9 Å². The summed E-state index contributed by atoms with van der Waals surface area (Å²) in [7, 11) is -4.43. The summed E-state index contributed by atoms with van der Waals surface area (Å²) in [5.74, 6) is -1.58. The SMILES string of the molecule is CC(C)OC(=O)NS(=O)(=O)NC(C(=O)O)C(C)O. The maximum Gasteiger partial charge on any atom is 0.422 e. The average molecular weight is 284 g/mol. The highest BCUT2D eigenvalue weighted by atomic mass is 32.2. The molecule has 0 spiro atoms. The predicted octanol–water partition coefficient (Wildman–Crippen LogP) is -1.21. The lowest BCUT2D eigenvalue weighted by Gasteiger charge is -2.17. The van der Waals surface area contributed by atoms with Crippen LogP contribution < -0.4 is 9.44 Å². The van der Waals surface area contributed by atoms with Crippen LogP contribution in [0.4, 0.5) is 4.79 Å². The number of aliphatic hydroxyl groups is 1. The highest BCUT2D eigenvalue weighted by Crippen LogP contribution is 1.96. The zero-order valence-electron chi connectivity index (χ0n) is 10.1. The summed E-state index contributed by atoms with van der Waals surface area (Å²) >= 11 is 0. The van der Waals surface area contributed by atoms with Crippen LogP contribution in [0.2, 0.25) is 0 Å². The van der Waals surface area contributed by atoms with Gasteiger partial charge < -0.3 is 14.9 Å². The first kappa shape index (κ1) is 16.6. The molecule has 0 aliphatic rings. The molecule has 2 unspecified atom stereocenters. The van der Waals surface area contributed by atoms with Crippen LogP contribution in [0.5, 0.6) is 0 Å². The van der Waals surface area contributed by atoms with E-state index in [0.717, 1.165) is 6.92 Å². The van der Waals surface area contributed by atoms with Crippen LogP contribution in [0, 0.1) is 0 Å². The Morgan fingerprint density at radius 2 is 1.72 bits per heavy atom. The van der Waals surface area contributed by atoms with Crippen molar-refractivity contribution in [3.63, 3.8) is 0 Å². The minimum atomic E-state index is -4.43. The summed E-state index contributed by atoms with van der Waals surface area (Å²) in [4.78, 5) is 21.7. The molecule has 0 fully saturated rings. The molecule has 0 rings (SSSR count). The molecule has 0 saturated carbocycles. The molecule has 0 saturated heterocycles. The molecule has 10 heteroatoms. The van der Waals surface area contributed by atoms with Gasteiger partial charge in [0.2, 0.25) is 0 Å². The molecular weight excluding hydrogens is 268 g/mol. The van der Waals surface area contributed by atoms with Crippen molar-refractivity contribution >= 4 is 22.3 Å². The van der Waals surface area contributed by atoms with Crippen LogP contribution >= 0.6 is 0 Å². The van der Waals surface area contributed by atoms with Gasteiger partial charge in [0.25, 0.3) is 0 Å². The molecule has 106 valence electrons. The van der Waals surface area contributed by atoms with Gasteiger partial charge in [0.05, 0.1) is 12.2 Å². The number of carboxylic acids is 1. The van der Waals surface area contributed by atoms with E-state index in [-0.39, 0.29) is 0 Å². The Bertz CT molecular complexity index is 404. The molecular formula is C8H16N2O7S. The van der Waals surface area contributed by atoms with Gasteiger partial charge in [-0.2, -0.15) is 13.1 Å². The van der Waals surface area contributed by atoms with Crippen LogP contribution in [0.1, 0.15) is 20.8 Å². The fourth-order valence-electron chi connectivity index (χ4n) is 0.900. The average Bonchev–Trinajstić information content (AvgIpc) is 2.10. The molecule has 18 heavy (non-hydrogen) atoms. The number of aliphatic hydroxyl groups excluding tert-OH is 1. The summed E-state index contributed by atoms with van der Waals surface area (Å²) in [6.07, 6.45) is -3.25. The molecule has 0 bridgehead atoms. The Morgan fingerprint density at radius 3 is 2.06 bits per heavy atom. The van der Waals surface area contributed by atoms with Gasteiger partial charge in [0.15, 0.2) is 0 Å². The van der Waals surface area contributed by atoms with E-state index in [9.17, 15) is 18.0 Å². The Balaban J connectivity index is 4.65. The van der Waals surface area contributed by atoms with Gasteiger partial charge in [0, 0.05) is 0 Å². The van der Waals surface area contributed by atoms with Crippen molar-refractivity contribution in [2.24, 2.45) is 0 Å². The van der Waals surface area contributed by atoms with Crippen LogP contribution in [-0.2, 0) is 19.7 Å². The maximum atomic E-state index is 11.3. The summed E-state index contributed by atoms with van der Waals surface area (Å²) in [5, 5.41) is 17.7. The number of hydrogen-bond acceptors (Lipinski definition) is 6. The van der Waals surface area contributed by atoms with Gasteiger partial charge >= 0.3 is 22.3 Å². The minimum absolute atomic E-state index is 0.535. The monoisotopic (exact) mass is 284 g/mol. The highest BCUT2D eigenvalue weighted by molar-refractivity contribution is 7.88. The van der Waals surface area contributed by atoms with Crippen LogP contribution in [0.15, 0.2) is 0 Å². The largest absolute Gasteiger partial charge is 0.480 e. The molecule has 2 atom stereocenters. The molecule has 0 aromatic carbocycles. The normalized spacial score (nSPS) is 14.9. The van der Waals surface area contributed by atoms with Crippen molar-refractivity contribution in [1.29, 1.82) is 0 Å². The molecule has 0 radical (unpaired) electrons. The van der Waals surface area contributed by atoms with E-state index < -0.39 is 40.5 Å². The topological polar surface area (TPSA) is 142 Å². The van der Waals surface area contributed by atoms with Crippen LogP contribution in [0.3, 0.4) is 0 Å². The molecule has 1 amide bonds. The number of amides is 1. The van der Waals surface area contributed by atoms with Crippen molar-refractivity contribution in [3.05, 3.63) is 0 Å². The lowest BCUT2D eigenvalue weighted by atomic mass is 10.2. The number of carbonyl (C=O) groups is 2. The number of hydrogen-bond donors (Lipinski definition) is 4. The smallest absolute Gasteiger partial charge is 0.422 e. The maximum absolute atomic E-state index is 11.3. The van der Waals surface area contributed by atoms with Gasteiger partial charge in [-0.15, -0.1) is 0 Å². The minimum Gasteiger partial charge on any atom is -0.480 e. The summed E-state index contributed by atoms with van der Waals surface area (Å²) in [6, 6.07) is -1.77. The summed E-state index contributed by atoms with van der Waals surface area (Å²) in [6.45, 7) is 4.11. The molecule has 4 N–H and O–H groups in total. The lowest BCUT2D eigenvalue weighted by molar-refractivity contribution is -0.141. The fourth-order valence-corrected chi connectivity index (χ4v) is 1.86. The van der Waals surface area contributed by atoms with Crippen molar-refractivity contribution in [2.75, 3.05) is 0 Å². The molecule has 0 aliphatic heterocycles. The number of nitrogens with one attached hydrogen (secondary N) is 2. The highest BCUT2D eigenvalue weighted by Gasteiger charge is 2.29. The second-order valence-corrected chi connectivity index (χ2v) is 5.18. The van der Waals surface area contributed by atoms with Crippen LogP contribution in [0.25, 0.3) is 0 Å². The van der Waals surface area contributed by atoms with Gasteiger partial charge in [-0.25, -0.2) is 9.52 Å². The molecule has 0 heterocycles. The van der Waals surface area contributed by atoms with Crippen molar-refractivity contribution < 1.29 is 33.0 Å². The van der Waals surface area contributed by atoms with Gasteiger partial charge in [-0.3, -0.25) is 4.79 Å². The predicted molar refractivity (Wildman–Crippen MR) is 59.9 cm³/mol. The van der Waals surface area contributed by atoms with Crippen molar-refractivity contribution in [2.45, 2.75) is 39.0 Å². The zero-order chi connectivity index (χ0) is 14.5. The molecule has 0 aromatic heterocycles. The second kappa shape index (κ2) is 6.52. The quantitative estimate of drug-likeness (QED) is 0.479. The third-order valence-corrected chi connectivity index (χ3v) is 2.59. The first-order valence-electron chi connectivity index (χ1n) is 4.96. The zero-order valence-corrected chi connectivity index (χ0v) is 10.9. The Morgan fingerprint density at radius 1 is 1.22 bits per heavy atom. The summed E-state index contributed by atoms with van der Waals surface area (Å²) < 4.78 is 30.3. The fraction of sp³-hybridized carbons (Fsp3) is 0.750. The van der Waals surface area contributed by atoms with E-state index in [1.807, 2.05) is 0 Å². The number of ether oxygens (including phenoxy) is 1. The Hall–Kier alpha value is -1.39. The second-order valence-electron chi connectivity index (χ2n) is 3.73. The number of carboxylic acid groups (broad SMARTS) is 1. The Kier molecular flexibility index (Phi) is 6.01. The van der Waals surface area contributed by atoms with Crippen molar-refractivity contribution in [1.82, 2.24) is 9.44 Å². The number of aliphatic carboxylic acids is 1. The third kappa shape index (κ3) is 6.37. The molecule has 0 aliphatic carbocycles. The van der Waals surface area contributed by atoms with E-state index in [0.29, 0.717) is 0 Å². The lowest BCUT2D eigenvalue weighted by Crippen LogP contribution is -2.52. The number of carbonyl (C=O) groups excluding carboxylic acids is 1. The van der Waals surface area contributed by atoms with E-state index in [1.165, 1.54) is 18.6 Å². The van der Waals surface area contributed by atoms with E-state index in [2.05, 4.69) is 4.74 Å². The molecule has 9 nitrogen and oxygen atoms in total. The van der Waals surface area contributed by atoms with Gasteiger partial charge in [-0.1, -0.05) is 0 Å². The van der Waals surface area contributed by atoms with Gasteiger partial charge in [-0.05, 0) is 20.8 Å². The Labute approximate surface area is 104 Å². The third-order valence-electron chi connectivity index (χ3n) is 1.59. The standard InChI is InChI=1S/C8H16N2O7S/c1-4(2)17-8(14)10-18(15,16)9-6(5(3)11)7(12)13/h4-6,9,11H,1-3H3,(H,10,14)(H,12,13). The van der Waals surface area contributed by atoms with E-state index in [1.54, 1.807) is 4.72 Å². The van der Waals surface area contributed by atoms with Crippen molar-refractivity contribution in [3.8, 4) is 0 Å².